The summed E-state index contributed by atoms with van der Waals surface area (Å²) in [5.41, 5.74) is 10.6. The Bertz CT molecular complexity index is 1130. The summed E-state index contributed by atoms with van der Waals surface area (Å²) in [5, 5.41) is 0. The standard InChI is InChI=1S/C18H22.C17H18/c1-3-4-5-6-16-9-13-18(14-10-16)17-11-7-15(2)8-12-17;1-3-4-5-15-8-12-17(13-9-15)16-10-6-14(2)7-11-16/h7-14H,3-6H2,1-2H3;3,6-13H,1,4-5H2,2H3. The Morgan fingerprint density at radius 1 is 0.514 bits per heavy atom. The lowest BCUT2D eigenvalue weighted by Gasteiger charge is -2.05. The fourth-order valence-corrected chi connectivity index (χ4v) is 4.07. The lowest BCUT2D eigenvalue weighted by atomic mass is 10.0. The Kier molecular flexibility index (Phi) is 10.6. The van der Waals surface area contributed by atoms with Crippen LogP contribution < -0.4 is 0 Å². The second-order valence-electron chi connectivity index (χ2n) is 9.41. The van der Waals surface area contributed by atoms with E-state index in [1.165, 1.54) is 70.2 Å². The van der Waals surface area contributed by atoms with Crippen LogP contribution in [0.3, 0.4) is 0 Å². The molecule has 0 unspecified atom stereocenters. The van der Waals surface area contributed by atoms with Gasteiger partial charge in [-0.3, -0.25) is 0 Å². The van der Waals surface area contributed by atoms with E-state index >= 15 is 0 Å². The summed E-state index contributed by atoms with van der Waals surface area (Å²) in [5.74, 6) is 0. The highest BCUT2D eigenvalue weighted by Gasteiger charge is 1.99. The second-order valence-corrected chi connectivity index (χ2v) is 9.41. The van der Waals surface area contributed by atoms with Gasteiger partial charge in [0.25, 0.3) is 0 Å². The summed E-state index contributed by atoms with van der Waals surface area (Å²) in [6.07, 6.45) is 9.24. The Morgan fingerprint density at radius 2 is 0.886 bits per heavy atom. The number of hydrogen-bond donors (Lipinski definition) is 0. The molecule has 0 radical (unpaired) electrons. The van der Waals surface area contributed by atoms with Crippen LogP contribution in [0.25, 0.3) is 22.3 Å². The maximum atomic E-state index is 3.75. The first-order valence-electron chi connectivity index (χ1n) is 13.0. The van der Waals surface area contributed by atoms with Gasteiger partial charge in [-0.1, -0.05) is 134 Å². The molecule has 0 aliphatic carbocycles. The van der Waals surface area contributed by atoms with Crippen molar-refractivity contribution >= 4 is 0 Å². The van der Waals surface area contributed by atoms with Crippen LogP contribution in [0.5, 0.6) is 0 Å². The zero-order valence-corrected chi connectivity index (χ0v) is 21.8. The number of benzene rings is 4. The predicted molar refractivity (Wildman–Crippen MR) is 155 cm³/mol. The zero-order chi connectivity index (χ0) is 24.9. The Balaban J connectivity index is 0.000000196. The molecule has 4 rings (SSSR count). The first-order chi connectivity index (χ1) is 17.1. The van der Waals surface area contributed by atoms with Crippen molar-refractivity contribution in [3.8, 4) is 22.3 Å². The summed E-state index contributed by atoms with van der Waals surface area (Å²) in [6, 6.07) is 35.2. The van der Waals surface area contributed by atoms with Gasteiger partial charge >= 0.3 is 0 Å². The molecule has 0 aliphatic heterocycles. The maximum absolute atomic E-state index is 3.75. The van der Waals surface area contributed by atoms with Crippen LogP contribution in [0.2, 0.25) is 0 Å². The van der Waals surface area contributed by atoms with E-state index in [0.717, 1.165) is 12.8 Å². The molecule has 0 spiro atoms. The second kappa shape index (κ2) is 14.1. The van der Waals surface area contributed by atoms with Crippen molar-refractivity contribution in [3.63, 3.8) is 0 Å². The smallest absolute Gasteiger partial charge is 0.0184 e. The number of allylic oxidation sites excluding steroid dienone is 1. The highest BCUT2D eigenvalue weighted by atomic mass is 14.0. The SMILES string of the molecule is C=CCCc1ccc(-c2ccc(C)cc2)cc1.CCCCCc1ccc(-c2ccc(C)cc2)cc1. The molecule has 35 heavy (non-hydrogen) atoms. The van der Waals surface area contributed by atoms with E-state index in [0.29, 0.717) is 0 Å². The van der Waals surface area contributed by atoms with Gasteiger partial charge in [-0.25, -0.2) is 0 Å². The molecule has 0 bridgehead atoms. The van der Waals surface area contributed by atoms with Crippen molar-refractivity contribution in [2.24, 2.45) is 0 Å². The van der Waals surface area contributed by atoms with Crippen LogP contribution in [0.15, 0.2) is 110 Å². The molecular formula is C35H40. The molecule has 0 saturated heterocycles. The van der Waals surface area contributed by atoms with Crippen LogP contribution in [-0.2, 0) is 12.8 Å². The number of aryl methyl sites for hydroxylation is 4. The minimum absolute atomic E-state index is 1.05. The van der Waals surface area contributed by atoms with Crippen molar-refractivity contribution < 1.29 is 0 Å². The number of unbranched alkanes of at least 4 members (excludes halogenated alkanes) is 2. The molecule has 0 atom stereocenters. The summed E-state index contributed by atoms with van der Waals surface area (Å²) in [6.45, 7) is 10.2. The largest absolute Gasteiger partial charge is 0.103 e. The molecule has 0 heteroatoms. The van der Waals surface area contributed by atoms with Crippen molar-refractivity contribution in [3.05, 3.63) is 132 Å². The average molecular weight is 461 g/mol. The van der Waals surface area contributed by atoms with E-state index in [2.05, 4.69) is 124 Å². The molecule has 4 aromatic rings. The predicted octanol–water partition coefficient (Wildman–Crippen LogP) is 10.2. The third-order valence-electron chi connectivity index (χ3n) is 6.38. The first kappa shape index (κ1) is 26.2. The Hall–Kier alpha value is -3.38. The fourth-order valence-electron chi connectivity index (χ4n) is 4.07. The number of rotatable bonds is 9. The molecule has 0 aromatic heterocycles. The van der Waals surface area contributed by atoms with Crippen LogP contribution in [0.4, 0.5) is 0 Å². The monoisotopic (exact) mass is 460 g/mol. The van der Waals surface area contributed by atoms with Crippen LogP contribution in [-0.4, -0.2) is 0 Å². The lowest BCUT2D eigenvalue weighted by molar-refractivity contribution is 0.717. The van der Waals surface area contributed by atoms with Gasteiger partial charge in [-0.15, -0.1) is 6.58 Å². The van der Waals surface area contributed by atoms with Crippen molar-refractivity contribution in [2.75, 3.05) is 0 Å². The maximum Gasteiger partial charge on any atom is -0.0184 e. The Morgan fingerprint density at radius 3 is 1.26 bits per heavy atom. The van der Waals surface area contributed by atoms with Crippen molar-refractivity contribution in [1.82, 2.24) is 0 Å². The van der Waals surface area contributed by atoms with Crippen LogP contribution in [0.1, 0.15) is 54.9 Å². The van der Waals surface area contributed by atoms with Crippen molar-refractivity contribution in [1.29, 1.82) is 0 Å². The van der Waals surface area contributed by atoms with Gasteiger partial charge in [0.2, 0.25) is 0 Å². The van der Waals surface area contributed by atoms with Gasteiger partial charge in [0.1, 0.15) is 0 Å². The quantitative estimate of drug-likeness (QED) is 0.172. The van der Waals surface area contributed by atoms with E-state index in [1.54, 1.807) is 0 Å². The van der Waals surface area contributed by atoms with Crippen LogP contribution in [0, 0.1) is 13.8 Å². The van der Waals surface area contributed by atoms with Gasteiger partial charge in [0.15, 0.2) is 0 Å². The minimum Gasteiger partial charge on any atom is -0.103 e. The average Bonchev–Trinajstić information content (AvgIpc) is 2.90. The van der Waals surface area contributed by atoms with E-state index < -0.39 is 0 Å². The summed E-state index contributed by atoms with van der Waals surface area (Å²) >= 11 is 0. The molecule has 0 aliphatic rings. The molecule has 0 nitrogen and oxygen atoms in total. The molecule has 0 saturated carbocycles. The lowest BCUT2D eigenvalue weighted by Crippen LogP contribution is -1.86. The molecule has 0 N–H and O–H groups in total. The molecule has 180 valence electrons. The van der Waals surface area contributed by atoms with Gasteiger partial charge in [-0.05, 0) is 72.9 Å². The van der Waals surface area contributed by atoms with E-state index in [9.17, 15) is 0 Å². The third kappa shape index (κ3) is 8.72. The van der Waals surface area contributed by atoms with E-state index in [-0.39, 0.29) is 0 Å². The van der Waals surface area contributed by atoms with E-state index in [1.807, 2.05) is 6.08 Å². The highest BCUT2D eigenvalue weighted by Crippen LogP contribution is 2.22. The van der Waals surface area contributed by atoms with Gasteiger partial charge in [-0.2, -0.15) is 0 Å². The third-order valence-corrected chi connectivity index (χ3v) is 6.38. The molecule has 0 fully saturated rings. The molecule has 0 amide bonds. The molecule has 0 heterocycles. The van der Waals surface area contributed by atoms with Gasteiger partial charge < -0.3 is 0 Å². The van der Waals surface area contributed by atoms with Gasteiger partial charge in [0.05, 0.1) is 0 Å². The normalized spacial score (nSPS) is 10.4. The topological polar surface area (TPSA) is 0 Å². The fraction of sp³-hybridized carbons (Fsp3) is 0.257. The van der Waals surface area contributed by atoms with E-state index in [4.69, 9.17) is 0 Å². The van der Waals surface area contributed by atoms with Crippen molar-refractivity contribution in [2.45, 2.75) is 59.3 Å². The molecular weight excluding hydrogens is 420 g/mol. The highest BCUT2D eigenvalue weighted by molar-refractivity contribution is 5.64. The Labute approximate surface area is 213 Å². The summed E-state index contributed by atoms with van der Waals surface area (Å²) in [4.78, 5) is 0. The van der Waals surface area contributed by atoms with Crippen LogP contribution >= 0.6 is 0 Å². The zero-order valence-electron chi connectivity index (χ0n) is 21.8. The summed E-state index contributed by atoms with van der Waals surface area (Å²) < 4.78 is 0. The van der Waals surface area contributed by atoms with Gasteiger partial charge in [0, 0.05) is 0 Å². The first-order valence-corrected chi connectivity index (χ1v) is 13.0. The summed E-state index contributed by atoms with van der Waals surface area (Å²) in [7, 11) is 0. The molecule has 4 aromatic carbocycles. The minimum atomic E-state index is 1.05. The number of hydrogen-bond acceptors (Lipinski definition) is 0.